The second kappa shape index (κ2) is 9.24. The number of aromatic nitrogens is 1. The molecule has 0 bridgehead atoms. The summed E-state index contributed by atoms with van der Waals surface area (Å²) < 4.78 is 0. The molecule has 1 aromatic heterocycles. The quantitative estimate of drug-likeness (QED) is 0.764. The van der Waals surface area contributed by atoms with Gasteiger partial charge in [-0.05, 0) is 30.4 Å². The van der Waals surface area contributed by atoms with Crippen LogP contribution in [0.15, 0.2) is 24.4 Å². The fraction of sp³-hybridized carbons (Fsp3) is 0.696. The van der Waals surface area contributed by atoms with Gasteiger partial charge in [0, 0.05) is 57.2 Å². The monoisotopic (exact) mass is 400 g/mol. The van der Waals surface area contributed by atoms with Gasteiger partial charge >= 0.3 is 0 Å². The number of pyridine rings is 1. The number of likely N-dealkylation sites (tertiary alicyclic amines) is 1. The van der Waals surface area contributed by atoms with Crippen LogP contribution in [0.25, 0.3) is 0 Å². The van der Waals surface area contributed by atoms with E-state index in [0.29, 0.717) is 37.9 Å². The number of carbonyl (C=O) groups excluding carboxylic acids is 2. The minimum absolute atomic E-state index is 0.128. The first-order valence-corrected chi connectivity index (χ1v) is 11.1. The first-order valence-electron chi connectivity index (χ1n) is 11.1. The van der Waals surface area contributed by atoms with Crippen LogP contribution in [0.2, 0.25) is 0 Å². The lowest BCUT2D eigenvalue weighted by molar-refractivity contribution is -0.137. The van der Waals surface area contributed by atoms with E-state index in [1.165, 1.54) is 0 Å². The largest absolute Gasteiger partial charge is 0.342 e. The Morgan fingerprint density at radius 2 is 1.93 bits per heavy atom. The normalized spacial score (nSPS) is 21.6. The van der Waals surface area contributed by atoms with Crippen molar-refractivity contribution in [1.82, 2.24) is 20.1 Å². The van der Waals surface area contributed by atoms with Crippen molar-refractivity contribution in [2.24, 2.45) is 11.8 Å². The molecule has 2 fully saturated rings. The van der Waals surface area contributed by atoms with Gasteiger partial charge in [-0.2, -0.15) is 0 Å². The summed E-state index contributed by atoms with van der Waals surface area (Å²) in [4.78, 5) is 34.2. The first-order chi connectivity index (χ1) is 13.8. The lowest BCUT2D eigenvalue weighted by Crippen LogP contribution is -2.60. The predicted octanol–water partition coefficient (Wildman–Crippen LogP) is 2.84. The van der Waals surface area contributed by atoms with Crippen molar-refractivity contribution in [3.8, 4) is 0 Å². The van der Waals surface area contributed by atoms with Gasteiger partial charge in [-0.15, -0.1) is 0 Å². The summed E-state index contributed by atoms with van der Waals surface area (Å²) in [5.74, 6) is 1.27. The maximum atomic E-state index is 13.3. The third-order valence-corrected chi connectivity index (χ3v) is 6.07. The minimum atomic E-state index is -0.333. The molecule has 0 aliphatic carbocycles. The van der Waals surface area contributed by atoms with Crippen LogP contribution in [0, 0.1) is 11.8 Å². The van der Waals surface area contributed by atoms with E-state index in [1.807, 2.05) is 23.1 Å². The lowest BCUT2D eigenvalue weighted by atomic mass is 9.94. The Balaban J connectivity index is 1.71. The van der Waals surface area contributed by atoms with Gasteiger partial charge in [-0.1, -0.05) is 33.8 Å². The van der Waals surface area contributed by atoms with Crippen LogP contribution in [0.4, 0.5) is 0 Å². The highest BCUT2D eigenvalue weighted by molar-refractivity contribution is 5.85. The topological polar surface area (TPSA) is 65.5 Å². The molecular weight excluding hydrogens is 364 g/mol. The van der Waals surface area contributed by atoms with Gasteiger partial charge in [0.1, 0.15) is 0 Å². The second-order valence-corrected chi connectivity index (χ2v) is 9.40. The summed E-state index contributed by atoms with van der Waals surface area (Å²) in [5, 5.41) is 3.69. The molecule has 29 heavy (non-hydrogen) atoms. The Morgan fingerprint density at radius 3 is 2.52 bits per heavy atom. The molecule has 3 heterocycles. The molecule has 0 aromatic carbocycles. The van der Waals surface area contributed by atoms with Gasteiger partial charge in [0.15, 0.2) is 0 Å². The van der Waals surface area contributed by atoms with E-state index in [0.717, 1.165) is 31.4 Å². The average Bonchev–Trinajstić information content (AvgIpc) is 2.91. The molecule has 160 valence electrons. The van der Waals surface area contributed by atoms with E-state index < -0.39 is 0 Å². The maximum absolute atomic E-state index is 13.3. The van der Waals surface area contributed by atoms with E-state index in [-0.39, 0.29) is 23.5 Å². The zero-order chi connectivity index (χ0) is 21.0. The second-order valence-electron chi connectivity index (χ2n) is 9.40. The van der Waals surface area contributed by atoms with E-state index in [4.69, 9.17) is 0 Å². The number of piperidine rings is 1. The highest BCUT2D eigenvalue weighted by Crippen LogP contribution is 2.34. The summed E-state index contributed by atoms with van der Waals surface area (Å²) in [5.41, 5.74) is 0.673. The molecule has 0 radical (unpaired) electrons. The zero-order valence-corrected chi connectivity index (χ0v) is 18.4. The highest BCUT2D eigenvalue weighted by atomic mass is 16.2. The van der Waals surface area contributed by atoms with Crippen molar-refractivity contribution in [3.63, 3.8) is 0 Å². The van der Waals surface area contributed by atoms with Gasteiger partial charge in [0.05, 0.1) is 11.7 Å². The van der Waals surface area contributed by atoms with Crippen LogP contribution >= 0.6 is 0 Å². The highest BCUT2D eigenvalue weighted by Gasteiger charge is 2.51. The third-order valence-electron chi connectivity index (χ3n) is 6.07. The molecule has 1 unspecified atom stereocenters. The molecule has 2 aliphatic heterocycles. The van der Waals surface area contributed by atoms with Gasteiger partial charge in [0.2, 0.25) is 11.8 Å². The van der Waals surface area contributed by atoms with Crippen LogP contribution in [0.3, 0.4) is 0 Å². The molecule has 2 amide bonds. The molecule has 1 atom stereocenters. The number of rotatable bonds is 7. The third kappa shape index (κ3) is 5.16. The van der Waals surface area contributed by atoms with Crippen molar-refractivity contribution < 1.29 is 9.59 Å². The van der Waals surface area contributed by atoms with Crippen molar-refractivity contribution in [3.05, 3.63) is 30.1 Å². The maximum Gasteiger partial charge on any atom is 0.241 e. The van der Waals surface area contributed by atoms with Gasteiger partial charge in [-0.25, -0.2) is 0 Å². The fourth-order valence-corrected chi connectivity index (χ4v) is 4.61. The molecular formula is C23H36N4O2. The summed E-state index contributed by atoms with van der Waals surface area (Å²) in [7, 11) is 0. The average molecular weight is 401 g/mol. The Kier molecular flexibility index (Phi) is 6.93. The number of amides is 2. The number of carbonyl (C=O) groups is 2. The molecule has 1 spiro atoms. The molecule has 2 aliphatic rings. The van der Waals surface area contributed by atoms with Crippen LogP contribution in [0.1, 0.15) is 59.1 Å². The van der Waals surface area contributed by atoms with Crippen molar-refractivity contribution >= 4 is 11.8 Å². The van der Waals surface area contributed by atoms with E-state index in [9.17, 15) is 9.59 Å². The Labute approximate surface area is 175 Å². The Bertz CT molecular complexity index is 696. The predicted molar refractivity (Wildman–Crippen MR) is 114 cm³/mol. The number of hydrogen-bond donors (Lipinski definition) is 1. The number of nitrogens with zero attached hydrogens (tertiary/aromatic N) is 3. The van der Waals surface area contributed by atoms with E-state index in [2.05, 4.69) is 42.9 Å². The van der Waals surface area contributed by atoms with Gasteiger partial charge in [0.25, 0.3) is 0 Å². The smallest absolute Gasteiger partial charge is 0.241 e. The molecule has 1 N–H and O–H groups in total. The number of nitrogens with one attached hydrogen (secondary N) is 1. The molecule has 6 nitrogen and oxygen atoms in total. The number of hydrogen-bond acceptors (Lipinski definition) is 4. The zero-order valence-electron chi connectivity index (χ0n) is 18.4. The van der Waals surface area contributed by atoms with Gasteiger partial charge in [-0.3, -0.25) is 19.9 Å². The van der Waals surface area contributed by atoms with Crippen molar-refractivity contribution in [2.75, 3.05) is 19.6 Å². The first kappa shape index (κ1) is 21.8. The molecule has 0 saturated carbocycles. The molecule has 3 rings (SSSR count). The van der Waals surface area contributed by atoms with Crippen LogP contribution < -0.4 is 5.32 Å². The Hall–Kier alpha value is -1.95. The molecule has 6 heteroatoms. The van der Waals surface area contributed by atoms with Crippen LogP contribution in [0.5, 0.6) is 0 Å². The summed E-state index contributed by atoms with van der Waals surface area (Å²) in [6.45, 7) is 10.6. The minimum Gasteiger partial charge on any atom is -0.342 e. The summed E-state index contributed by atoms with van der Waals surface area (Å²) >= 11 is 0. The summed E-state index contributed by atoms with van der Waals surface area (Å²) in [6, 6.07) is 5.79. The SMILES string of the molecule is CC(C)CC(=O)N1CCC2(CC1)NC(CC(C)C)C(=O)N2CCc1ccccn1. The van der Waals surface area contributed by atoms with Gasteiger partial charge < -0.3 is 9.80 Å². The van der Waals surface area contributed by atoms with Crippen LogP contribution in [-0.4, -0.2) is 57.9 Å². The van der Waals surface area contributed by atoms with Crippen molar-refractivity contribution in [2.45, 2.75) is 71.5 Å². The standard InChI is InChI=1S/C23H36N4O2/c1-17(2)15-20-22(29)27(12-8-19-7-5-6-11-24-19)23(25-20)9-13-26(14-10-23)21(28)16-18(3)4/h5-7,11,17-18,20,25H,8-10,12-16H2,1-4H3. The molecule has 1 aromatic rings. The lowest BCUT2D eigenvalue weighted by Gasteiger charge is -2.45. The van der Waals surface area contributed by atoms with Crippen molar-refractivity contribution in [1.29, 1.82) is 0 Å². The van der Waals surface area contributed by atoms with E-state index in [1.54, 1.807) is 6.20 Å². The Morgan fingerprint density at radius 1 is 1.21 bits per heavy atom. The fourth-order valence-electron chi connectivity index (χ4n) is 4.61. The van der Waals surface area contributed by atoms with Crippen LogP contribution in [-0.2, 0) is 16.0 Å². The summed E-state index contributed by atoms with van der Waals surface area (Å²) in [6.07, 6.45) is 5.57. The molecule has 2 saturated heterocycles. The van der Waals surface area contributed by atoms with E-state index >= 15 is 0 Å².